The summed E-state index contributed by atoms with van der Waals surface area (Å²) in [4.78, 5) is 35.8. The van der Waals surface area contributed by atoms with Crippen molar-refractivity contribution in [2.24, 2.45) is 0 Å². The molecule has 1 N–H and O–H groups in total. The van der Waals surface area contributed by atoms with Gasteiger partial charge in [-0.05, 0) is 30.3 Å². The SMILES string of the molecule is COC(=O)c1cc(NC(=O)COc2ccc(C#N)cc2OC)cc(C(=O)OC)c1. The predicted octanol–water partition coefficient (Wildman–Crippen LogP) is 2.16. The second kappa shape index (κ2) is 9.75. The number of carbonyl (C=O) groups excluding carboxylic acids is 3. The Kier molecular flexibility index (Phi) is 7.14. The highest BCUT2D eigenvalue weighted by Crippen LogP contribution is 2.27. The number of nitrogens with one attached hydrogen (secondary N) is 1. The minimum Gasteiger partial charge on any atom is -0.493 e. The van der Waals surface area contributed by atoms with Crippen molar-refractivity contribution in [3.63, 3.8) is 0 Å². The van der Waals surface area contributed by atoms with Gasteiger partial charge in [0.2, 0.25) is 0 Å². The van der Waals surface area contributed by atoms with E-state index in [0.29, 0.717) is 11.3 Å². The van der Waals surface area contributed by atoms with Gasteiger partial charge in [-0.1, -0.05) is 0 Å². The molecule has 0 saturated carbocycles. The molecule has 9 nitrogen and oxygen atoms in total. The molecule has 0 aliphatic carbocycles. The summed E-state index contributed by atoms with van der Waals surface area (Å²) in [5, 5.41) is 11.5. The molecule has 0 atom stereocenters. The zero-order valence-electron chi connectivity index (χ0n) is 16.0. The standard InChI is InChI=1S/C20H18N2O7/c1-26-17-6-12(10-21)4-5-16(17)29-11-18(23)22-15-8-13(19(24)27-2)7-14(9-15)20(25)28-3/h4-9H,11H2,1-3H3,(H,22,23). The van der Waals surface area contributed by atoms with E-state index in [1.807, 2.05) is 6.07 Å². The van der Waals surface area contributed by atoms with Crippen molar-refractivity contribution < 1.29 is 33.3 Å². The van der Waals surface area contributed by atoms with Crippen molar-refractivity contribution in [2.45, 2.75) is 0 Å². The van der Waals surface area contributed by atoms with Crippen LogP contribution in [0.3, 0.4) is 0 Å². The maximum Gasteiger partial charge on any atom is 0.337 e. The summed E-state index contributed by atoms with van der Waals surface area (Å²) in [6, 6.07) is 10.5. The topological polar surface area (TPSA) is 124 Å². The molecule has 29 heavy (non-hydrogen) atoms. The maximum atomic E-state index is 12.2. The molecule has 0 unspecified atom stereocenters. The van der Waals surface area contributed by atoms with Crippen LogP contribution in [0.4, 0.5) is 5.69 Å². The average Bonchev–Trinajstić information content (AvgIpc) is 2.75. The molecule has 0 bridgehead atoms. The molecular formula is C20H18N2O7. The molecule has 0 saturated heterocycles. The summed E-state index contributed by atoms with van der Waals surface area (Å²) >= 11 is 0. The molecule has 2 rings (SSSR count). The van der Waals surface area contributed by atoms with Gasteiger partial charge in [-0.15, -0.1) is 0 Å². The smallest absolute Gasteiger partial charge is 0.337 e. The summed E-state index contributed by atoms with van der Waals surface area (Å²) in [5.41, 5.74) is 0.711. The highest BCUT2D eigenvalue weighted by molar-refractivity contribution is 5.99. The molecule has 150 valence electrons. The Balaban J connectivity index is 2.15. The number of ether oxygens (including phenoxy) is 4. The summed E-state index contributed by atoms with van der Waals surface area (Å²) in [5.74, 6) is -1.32. The highest BCUT2D eigenvalue weighted by atomic mass is 16.5. The first kappa shape index (κ1) is 21.2. The first-order valence-corrected chi connectivity index (χ1v) is 8.24. The van der Waals surface area contributed by atoms with E-state index in [1.54, 1.807) is 0 Å². The van der Waals surface area contributed by atoms with Crippen LogP contribution in [0.5, 0.6) is 11.5 Å². The minimum absolute atomic E-state index is 0.0698. The van der Waals surface area contributed by atoms with Gasteiger partial charge in [0, 0.05) is 11.8 Å². The number of anilines is 1. The molecule has 0 aliphatic heterocycles. The van der Waals surface area contributed by atoms with Crippen molar-refractivity contribution in [3.8, 4) is 17.6 Å². The average molecular weight is 398 g/mol. The van der Waals surface area contributed by atoms with Crippen LogP contribution in [0.2, 0.25) is 0 Å². The number of rotatable bonds is 7. The third-order valence-electron chi connectivity index (χ3n) is 3.71. The second-order valence-electron chi connectivity index (χ2n) is 5.60. The normalized spacial score (nSPS) is 9.72. The monoisotopic (exact) mass is 398 g/mol. The van der Waals surface area contributed by atoms with E-state index in [-0.39, 0.29) is 29.2 Å². The van der Waals surface area contributed by atoms with Gasteiger partial charge in [0.1, 0.15) is 0 Å². The number of methoxy groups -OCH3 is 3. The molecule has 1 amide bonds. The number of carbonyl (C=O) groups is 3. The van der Waals surface area contributed by atoms with E-state index in [2.05, 4.69) is 14.8 Å². The Morgan fingerprint density at radius 2 is 1.55 bits per heavy atom. The van der Waals surface area contributed by atoms with Gasteiger partial charge in [-0.25, -0.2) is 9.59 Å². The first-order chi connectivity index (χ1) is 13.9. The van der Waals surface area contributed by atoms with Crippen LogP contribution in [-0.4, -0.2) is 45.8 Å². The van der Waals surface area contributed by atoms with Crippen LogP contribution in [0, 0.1) is 11.3 Å². The van der Waals surface area contributed by atoms with E-state index >= 15 is 0 Å². The molecule has 2 aromatic rings. The van der Waals surface area contributed by atoms with E-state index in [4.69, 9.17) is 14.7 Å². The van der Waals surface area contributed by atoms with E-state index < -0.39 is 17.8 Å². The molecular weight excluding hydrogens is 380 g/mol. The summed E-state index contributed by atoms with van der Waals surface area (Å²) < 4.78 is 19.9. The Labute approximate surface area is 166 Å². The molecule has 0 fully saturated rings. The van der Waals surface area contributed by atoms with Gasteiger partial charge in [0.15, 0.2) is 18.1 Å². The largest absolute Gasteiger partial charge is 0.493 e. The number of benzene rings is 2. The van der Waals surface area contributed by atoms with Crippen molar-refractivity contribution in [3.05, 3.63) is 53.1 Å². The van der Waals surface area contributed by atoms with Gasteiger partial charge >= 0.3 is 11.9 Å². The van der Waals surface area contributed by atoms with E-state index in [1.165, 1.54) is 57.7 Å². The third kappa shape index (κ3) is 5.46. The lowest BCUT2D eigenvalue weighted by Gasteiger charge is -2.12. The van der Waals surface area contributed by atoms with Crippen LogP contribution in [0.25, 0.3) is 0 Å². The molecule has 0 radical (unpaired) electrons. The van der Waals surface area contributed by atoms with Crippen molar-refractivity contribution in [1.29, 1.82) is 5.26 Å². The number of nitriles is 1. The molecule has 0 aromatic heterocycles. The lowest BCUT2D eigenvalue weighted by Crippen LogP contribution is -2.21. The molecule has 9 heteroatoms. The van der Waals surface area contributed by atoms with Gasteiger partial charge < -0.3 is 24.3 Å². The fourth-order valence-electron chi connectivity index (χ4n) is 2.37. The van der Waals surface area contributed by atoms with Crippen LogP contribution in [0.15, 0.2) is 36.4 Å². The van der Waals surface area contributed by atoms with Gasteiger partial charge in [-0.2, -0.15) is 5.26 Å². The summed E-state index contributed by atoms with van der Waals surface area (Å²) in [6.07, 6.45) is 0. The summed E-state index contributed by atoms with van der Waals surface area (Å²) in [7, 11) is 3.81. The van der Waals surface area contributed by atoms with Crippen molar-refractivity contribution in [2.75, 3.05) is 33.3 Å². The Bertz CT molecular complexity index is 945. The van der Waals surface area contributed by atoms with Gasteiger partial charge in [-0.3, -0.25) is 4.79 Å². The lowest BCUT2D eigenvalue weighted by molar-refractivity contribution is -0.118. The number of esters is 2. The minimum atomic E-state index is -0.676. The molecule has 2 aromatic carbocycles. The zero-order valence-corrected chi connectivity index (χ0v) is 16.0. The quantitative estimate of drug-likeness (QED) is 0.704. The summed E-state index contributed by atoms with van der Waals surface area (Å²) in [6.45, 7) is -0.377. The molecule has 0 aliphatic rings. The molecule has 0 spiro atoms. The Morgan fingerprint density at radius 3 is 2.07 bits per heavy atom. The number of nitrogens with zero attached hydrogens (tertiary/aromatic N) is 1. The second-order valence-corrected chi connectivity index (χ2v) is 5.60. The highest BCUT2D eigenvalue weighted by Gasteiger charge is 2.15. The molecule has 0 heterocycles. The first-order valence-electron chi connectivity index (χ1n) is 8.24. The van der Waals surface area contributed by atoms with Crippen LogP contribution in [-0.2, 0) is 14.3 Å². The number of hydrogen-bond acceptors (Lipinski definition) is 8. The Hall–Kier alpha value is -4.06. The third-order valence-corrected chi connectivity index (χ3v) is 3.71. The van der Waals surface area contributed by atoms with Gasteiger partial charge in [0.05, 0.1) is 44.1 Å². The zero-order chi connectivity index (χ0) is 21.4. The fraction of sp³-hybridized carbons (Fsp3) is 0.200. The van der Waals surface area contributed by atoms with E-state index in [0.717, 1.165) is 0 Å². The number of amides is 1. The lowest BCUT2D eigenvalue weighted by atomic mass is 10.1. The van der Waals surface area contributed by atoms with Crippen LogP contribution >= 0.6 is 0 Å². The predicted molar refractivity (Wildman–Crippen MR) is 101 cm³/mol. The van der Waals surface area contributed by atoms with E-state index in [9.17, 15) is 14.4 Å². The number of hydrogen-bond donors (Lipinski definition) is 1. The van der Waals surface area contributed by atoms with Crippen molar-refractivity contribution >= 4 is 23.5 Å². The van der Waals surface area contributed by atoms with Crippen LogP contribution in [0.1, 0.15) is 26.3 Å². The Morgan fingerprint density at radius 1 is 0.931 bits per heavy atom. The van der Waals surface area contributed by atoms with Gasteiger partial charge in [0.25, 0.3) is 5.91 Å². The fourth-order valence-corrected chi connectivity index (χ4v) is 2.37. The van der Waals surface area contributed by atoms with Crippen LogP contribution < -0.4 is 14.8 Å². The van der Waals surface area contributed by atoms with Crippen molar-refractivity contribution in [1.82, 2.24) is 0 Å². The maximum absolute atomic E-state index is 12.2.